The summed E-state index contributed by atoms with van der Waals surface area (Å²) in [6, 6.07) is 9.78. The molecule has 0 bridgehead atoms. The number of hydroxylamine groups is 1. The normalized spacial score (nSPS) is 12.3. The van der Waals surface area contributed by atoms with Crippen molar-refractivity contribution < 1.29 is 23.6 Å². The first-order valence-electron chi connectivity index (χ1n) is 12.0. The van der Waals surface area contributed by atoms with Crippen LogP contribution in [0.25, 0.3) is 11.4 Å². The highest BCUT2D eigenvalue weighted by Gasteiger charge is 2.20. The van der Waals surface area contributed by atoms with Gasteiger partial charge in [0.15, 0.2) is 11.6 Å². The molecule has 12 nitrogen and oxygen atoms in total. The Balaban J connectivity index is 1.44. The summed E-state index contributed by atoms with van der Waals surface area (Å²) in [4.78, 5) is 25.8. The van der Waals surface area contributed by atoms with Crippen molar-refractivity contribution in [3.05, 3.63) is 77.1 Å². The molecular formula is C25H27F2N9O3. The van der Waals surface area contributed by atoms with Crippen LogP contribution in [0.15, 0.2) is 48.7 Å². The van der Waals surface area contributed by atoms with E-state index in [9.17, 15) is 18.4 Å². The fourth-order valence-electron chi connectivity index (χ4n) is 3.68. The molecule has 0 fully saturated rings. The Morgan fingerprint density at radius 3 is 2.41 bits per heavy atom. The fraction of sp³-hybridized carbons (Fsp3) is 0.320. The van der Waals surface area contributed by atoms with Gasteiger partial charge in [-0.15, -0.1) is 15.3 Å². The number of hydrogen-bond donors (Lipinski definition) is 3. The molecule has 204 valence electrons. The van der Waals surface area contributed by atoms with Gasteiger partial charge in [-0.1, -0.05) is 29.5 Å². The van der Waals surface area contributed by atoms with Gasteiger partial charge in [-0.25, -0.2) is 18.9 Å². The van der Waals surface area contributed by atoms with Gasteiger partial charge in [0.25, 0.3) is 5.91 Å². The SMILES string of the molecule is CC(C)(C)n1nnc(-c2ccc(C[C@H](CC(=O)NO)n3cc(CNC(=O)c4ccc(F)c(F)c4)nn3)cc2)n1. The summed E-state index contributed by atoms with van der Waals surface area (Å²) >= 11 is 0. The molecule has 0 aliphatic heterocycles. The molecule has 2 heterocycles. The Labute approximate surface area is 222 Å². The number of halogens is 2. The van der Waals surface area contributed by atoms with Crippen LogP contribution < -0.4 is 10.8 Å². The Morgan fingerprint density at radius 2 is 1.77 bits per heavy atom. The number of nitrogens with one attached hydrogen (secondary N) is 2. The van der Waals surface area contributed by atoms with Crippen molar-refractivity contribution in [2.45, 2.75) is 51.7 Å². The second-order valence-corrected chi connectivity index (χ2v) is 9.87. The third kappa shape index (κ3) is 6.84. The molecule has 0 aliphatic carbocycles. The van der Waals surface area contributed by atoms with Gasteiger partial charge in [-0.2, -0.15) is 4.80 Å². The van der Waals surface area contributed by atoms with E-state index in [1.165, 1.54) is 10.7 Å². The monoisotopic (exact) mass is 539 g/mol. The van der Waals surface area contributed by atoms with Crippen molar-refractivity contribution in [3.63, 3.8) is 0 Å². The van der Waals surface area contributed by atoms with E-state index in [1.807, 2.05) is 45.0 Å². The largest absolute Gasteiger partial charge is 0.346 e. The lowest BCUT2D eigenvalue weighted by molar-refractivity contribution is -0.130. The van der Waals surface area contributed by atoms with Gasteiger partial charge in [-0.3, -0.25) is 14.8 Å². The van der Waals surface area contributed by atoms with E-state index in [-0.39, 0.29) is 24.1 Å². The van der Waals surface area contributed by atoms with Crippen LogP contribution >= 0.6 is 0 Å². The summed E-state index contributed by atoms with van der Waals surface area (Å²) in [7, 11) is 0. The summed E-state index contributed by atoms with van der Waals surface area (Å²) in [5.41, 5.74) is 3.32. The smallest absolute Gasteiger partial charge is 0.251 e. The highest BCUT2D eigenvalue weighted by atomic mass is 19.2. The number of nitrogens with zero attached hydrogens (tertiary/aromatic N) is 7. The van der Waals surface area contributed by atoms with E-state index in [4.69, 9.17) is 5.21 Å². The Bertz CT molecular complexity index is 1460. The fourth-order valence-corrected chi connectivity index (χ4v) is 3.68. The van der Waals surface area contributed by atoms with Crippen LogP contribution in [0.1, 0.15) is 54.8 Å². The van der Waals surface area contributed by atoms with Crippen molar-refractivity contribution in [3.8, 4) is 11.4 Å². The second-order valence-electron chi connectivity index (χ2n) is 9.87. The topological polar surface area (TPSA) is 153 Å². The van der Waals surface area contributed by atoms with E-state index in [2.05, 4.69) is 31.0 Å². The maximum Gasteiger partial charge on any atom is 0.251 e. The lowest BCUT2D eigenvalue weighted by Crippen LogP contribution is -2.25. The molecule has 4 rings (SSSR count). The Hall–Kier alpha value is -4.59. The van der Waals surface area contributed by atoms with Crippen molar-refractivity contribution in [1.82, 2.24) is 46.0 Å². The first-order chi connectivity index (χ1) is 18.5. The van der Waals surface area contributed by atoms with Crippen LogP contribution in [-0.4, -0.2) is 52.2 Å². The molecular weight excluding hydrogens is 512 g/mol. The molecule has 0 saturated heterocycles. The molecule has 3 N–H and O–H groups in total. The molecule has 2 aromatic heterocycles. The van der Waals surface area contributed by atoms with Gasteiger partial charge in [0, 0.05) is 11.1 Å². The van der Waals surface area contributed by atoms with Crippen LogP contribution in [-0.2, 0) is 23.3 Å². The average Bonchev–Trinajstić information content (AvgIpc) is 3.59. The second kappa shape index (κ2) is 11.4. The zero-order valence-corrected chi connectivity index (χ0v) is 21.5. The van der Waals surface area contributed by atoms with Crippen LogP contribution in [0.5, 0.6) is 0 Å². The minimum atomic E-state index is -1.13. The number of aromatic nitrogens is 7. The first kappa shape index (κ1) is 27.4. The van der Waals surface area contributed by atoms with Crippen molar-refractivity contribution >= 4 is 11.8 Å². The molecule has 0 spiro atoms. The van der Waals surface area contributed by atoms with Crippen LogP contribution in [0.2, 0.25) is 0 Å². The number of rotatable bonds is 9. The average molecular weight is 540 g/mol. The van der Waals surface area contributed by atoms with Crippen LogP contribution in [0, 0.1) is 11.6 Å². The van der Waals surface area contributed by atoms with Crippen LogP contribution in [0.4, 0.5) is 8.78 Å². The molecule has 0 radical (unpaired) electrons. The van der Waals surface area contributed by atoms with Crippen molar-refractivity contribution in [1.29, 1.82) is 0 Å². The van der Waals surface area contributed by atoms with E-state index < -0.39 is 29.5 Å². The molecule has 0 unspecified atom stereocenters. The third-order valence-electron chi connectivity index (χ3n) is 5.79. The lowest BCUT2D eigenvalue weighted by atomic mass is 10.0. The van der Waals surface area contributed by atoms with E-state index in [0.717, 1.165) is 23.3 Å². The predicted octanol–water partition coefficient (Wildman–Crippen LogP) is 2.57. The number of amides is 2. The zero-order valence-electron chi connectivity index (χ0n) is 21.5. The predicted molar refractivity (Wildman–Crippen MR) is 133 cm³/mol. The molecule has 14 heteroatoms. The van der Waals surface area contributed by atoms with Crippen molar-refractivity contribution in [2.24, 2.45) is 0 Å². The lowest BCUT2D eigenvalue weighted by Gasteiger charge is -2.16. The van der Waals surface area contributed by atoms with Gasteiger partial charge < -0.3 is 5.32 Å². The van der Waals surface area contributed by atoms with Gasteiger partial charge >= 0.3 is 0 Å². The maximum absolute atomic E-state index is 13.4. The summed E-state index contributed by atoms with van der Waals surface area (Å²) in [6.45, 7) is 5.88. The summed E-state index contributed by atoms with van der Waals surface area (Å²) in [6.07, 6.45) is 1.84. The minimum Gasteiger partial charge on any atom is -0.346 e. The standard InChI is InChI=1S/C25H27F2N9O3/c1-25(2,3)36-31-23(30-34-36)16-6-4-15(5-7-16)10-19(12-22(37)32-39)35-14-18(29-33-35)13-28-24(38)17-8-9-20(26)21(27)11-17/h4-9,11,14,19,39H,10,12-13H2,1-3H3,(H,28,38)(H,32,37)/t19-/m1/s1. The molecule has 1 atom stereocenters. The Morgan fingerprint density at radius 1 is 1.03 bits per heavy atom. The van der Waals surface area contributed by atoms with Gasteiger partial charge in [0.1, 0.15) is 5.69 Å². The Kier molecular flexibility index (Phi) is 8.04. The molecule has 2 amide bonds. The molecule has 0 aliphatic rings. The maximum atomic E-state index is 13.4. The van der Waals surface area contributed by atoms with E-state index in [0.29, 0.717) is 17.9 Å². The molecule has 0 saturated carbocycles. The number of tetrazole rings is 1. The van der Waals surface area contributed by atoms with Gasteiger partial charge in [-0.05, 0) is 56.2 Å². The number of carbonyl (C=O) groups is 2. The van der Waals surface area contributed by atoms with Gasteiger partial charge in [0.2, 0.25) is 11.7 Å². The highest BCUT2D eigenvalue weighted by molar-refractivity contribution is 5.94. The van der Waals surface area contributed by atoms with E-state index >= 15 is 0 Å². The third-order valence-corrected chi connectivity index (χ3v) is 5.79. The molecule has 2 aromatic carbocycles. The minimum absolute atomic E-state index is 0.0340. The van der Waals surface area contributed by atoms with Crippen molar-refractivity contribution in [2.75, 3.05) is 0 Å². The summed E-state index contributed by atoms with van der Waals surface area (Å²) in [5.74, 6) is -2.91. The van der Waals surface area contributed by atoms with E-state index in [1.54, 1.807) is 16.5 Å². The van der Waals surface area contributed by atoms with Crippen LogP contribution in [0.3, 0.4) is 0 Å². The number of benzene rings is 2. The molecule has 39 heavy (non-hydrogen) atoms. The number of carbonyl (C=O) groups excluding carboxylic acids is 2. The summed E-state index contributed by atoms with van der Waals surface area (Å²) in [5, 5.41) is 32.4. The first-order valence-corrected chi connectivity index (χ1v) is 12.0. The van der Waals surface area contributed by atoms with Gasteiger partial charge in [0.05, 0.1) is 30.7 Å². The molecule has 4 aromatic rings. The number of hydrogen-bond acceptors (Lipinski definition) is 8. The highest BCUT2D eigenvalue weighted by Crippen LogP contribution is 2.22. The quantitative estimate of drug-likeness (QED) is 0.217. The zero-order chi connectivity index (χ0) is 28.2. The summed E-state index contributed by atoms with van der Waals surface area (Å²) < 4.78 is 28.0.